The lowest BCUT2D eigenvalue weighted by atomic mass is 9.99. The number of carbonyl (C=O) groups is 1. The highest BCUT2D eigenvalue weighted by atomic mass is 32.2. The molecule has 0 aliphatic carbocycles. The van der Waals surface area contributed by atoms with Gasteiger partial charge in [-0.1, -0.05) is 30.3 Å². The van der Waals surface area contributed by atoms with Crippen LogP contribution in [-0.2, 0) is 14.8 Å². The molecule has 0 aromatic heterocycles. The van der Waals surface area contributed by atoms with Crippen LogP contribution < -0.4 is 10.0 Å². The van der Waals surface area contributed by atoms with Crippen molar-refractivity contribution >= 4 is 15.9 Å². The van der Waals surface area contributed by atoms with E-state index in [1.807, 2.05) is 6.07 Å². The van der Waals surface area contributed by atoms with Crippen molar-refractivity contribution in [3.05, 3.63) is 35.9 Å². The standard InChI is InChI=1S/C14H19N3O3S/c1-14(2,17-21(3,19)20)10-16-13(18)12(9-15)11-7-5-4-6-8-11/h4-8,12,17H,10H2,1-3H3,(H,16,18). The van der Waals surface area contributed by atoms with Crippen LogP contribution >= 0.6 is 0 Å². The Morgan fingerprint density at radius 1 is 1.33 bits per heavy atom. The van der Waals surface area contributed by atoms with Gasteiger partial charge in [0.05, 0.1) is 12.3 Å². The Balaban J connectivity index is 2.71. The quantitative estimate of drug-likeness (QED) is 0.809. The fourth-order valence-corrected chi connectivity index (χ4v) is 2.95. The van der Waals surface area contributed by atoms with Crippen LogP contribution in [0.4, 0.5) is 0 Å². The Morgan fingerprint density at radius 3 is 2.38 bits per heavy atom. The number of benzene rings is 1. The maximum Gasteiger partial charge on any atom is 0.241 e. The number of sulfonamides is 1. The number of nitriles is 1. The van der Waals surface area contributed by atoms with Gasteiger partial charge < -0.3 is 5.32 Å². The zero-order valence-corrected chi connectivity index (χ0v) is 13.1. The van der Waals surface area contributed by atoms with Crippen molar-refractivity contribution in [2.75, 3.05) is 12.8 Å². The summed E-state index contributed by atoms with van der Waals surface area (Å²) in [6.45, 7) is 3.39. The Labute approximate surface area is 125 Å². The third-order valence-corrected chi connectivity index (χ3v) is 3.61. The number of hydrogen-bond acceptors (Lipinski definition) is 4. The van der Waals surface area contributed by atoms with Gasteiger partial charge in [0, 0.05) is 12.1 Å². The van der Waals surface area contributed by atoms with Gasteiger partial charge in [0.15, 0.2) is 0 Å². The smallest absolute Gasteiger partial charge is 0.241 e. The van der Waals surface area contributed by atoms with E-state index >= 15 is 0 Å². The van der Waals surface area contributed by atoms with E-state index in [1.165, 1.54) is 0 Å². The molecule has 1 unspecified atom stereocenters. The third kappa shape index (κ3) is 5.94. The van der Waals surface area contributed by atoms with Crippen LogP contribution in [0.15, 0.2) is 30.3 Å². The highest BCUT2D eigenvalue weighted by molar-refractivity contribution is 7.88. The average Bonchev–Trinajstić information content (AvgIpc) is 2.36. The van der Waals surface area contributed by atoms with Crippen molar-refractivity contribution in [3.8, 4) is 6.07 Å². The predicted octanol–water partition coefficient (Wildman–Crippen LogP) is 0.738. The van der Waals surface area contributed by atoms with E-state index in [-0.39, 0.29) is 6.54 Å². The molecule has 1 atom stereocenters. The molecule has 114 valence electrons. The lowest BCUT2D eigenvalue weighted by Crippen LogP contribution is -2.51. The van der Waals surface area contributed by atoms with E-state index in [0.29, 0.717) is 5.56 Å². The van der Waals surface area contributed by atoms with Gasteiger partial charge in [-0.15, -0.1) is 0 Å². The lowest BCUT2D eigenvalue weighted by molar-refractivity contribution is -0.121. The van der Waals surface area contributed by atoms with Crippen LogP contribution in [0.2, 0.25) is 0 Å². The molecule has 0 saturated carbocycles. The zero-order chi connectivity index (χ0) is 16.1. The minimum Gasteiger partial charge on any atom is -0.353 e. The number of carbonyl (C=O) groups excluding carboxylic acids is 1. The molecule has 0 bridgehead atoms. The summed E-state index contributed by atoms with van der Waals surface area (Å²) in [5, 5.41) is 11.8. The van der Waals surface area contributed by atoms with Crippen LogP contribution in [0.25, 0.3) is 0 Å². The molecule has 0 heterocycles. The van der Waals surface area contributed by atoms with Crippen LogP contribution in [0.5, 0.6) is 0 Å². The van der Waals surface area contributed by atoms with E-state index in [1.54, 1.807) is 44.2 Å². The number of nitrogens with one attached hydrogen (secondary N) is 2. The van der Waals surface area contributed by atoms with E-state index < -0.39 is 27.4 Å². The Bertz CT molecular complexity index is 633. The second kappa shape index (κ2) is 6.70. The maximum absolute atomic E-state index is 12.1. The summed E-state index contributed by atoms with van der Waals surface area (Å²) >= 11 is 0. The molecular weight excluding hydrogens is 290 g/mol. The van der Waals surface area contributed by atoms with Crippen LogP contribution in [-0.4, -0.2) is 32.7 Å². The summed E-state index contributed by atoms with van der Waals surface area (Å²) in [6.07, 6.45) is 1.05. The molecule has 0 aliphatic rings. The Morgan fingerprint density at radius 2 is 1.90 bits per heavy atom. The van der Waals surface area contributed by atoms with Crippen molar-refractivity contribution in [1.82, 2.24) is 10.0 Å². The first-order chi connectivity index (χ1) is 9.64. The molecule has 0 spiro atoms. The molecule has 6 nitrogen and oxygen atoms in total. The summed E-state index contributed by atoms with van der Waals surface area (Å²) in [4.78, 5) is 12.1. The van der Waals surface area contributed by atoms with E-state index in [9.17, 15) is 13.2 Å². The first kappa shape index (κ1) is 17.1. The maximum atomic E-state index is 12.1. The molecular formula is C14H19N3O3S. The summed E-state index contributed by atoms with van der Waals surface area (Å²) in [5.74, 6) is -1.37. The normalized spacial score (nSPS) is 13.2. The molecule has 1 amide bonds. The molecule has 1 rings (SSSR count). The van der Waals surface area contributed by atoms with Gasteiger partial charge in [-0.25, -0.2) is 13.1 Å². The minimum atomic E-state index is -3.37. The predicted molar refractivity (Wildman–Crippen MR) is 79.9 cm³/mol. The first-order valence-electron chi connectivity index (χ1n) is 6.36. The Hall–Kier alpha value is -1.91. The summed E-state index contributed by atoms with van der Waals surface area (Å²) < 4.78 is 24.9. The van der Waals surface area contributed by atoms with Crippen molar-refractivity contribution in [3.63, 3.8) is 0 Å². The minimum absolute atomic E-state index is 0.0872. The lowest BCUT2D eigenvalue weighted by Gasteiger charge is -2.25. The van der Waals surface area contributed by atoms with Gasteiger partial charge in [-0.2, -0.15) is 5.26 Å². The van der Waals surface area contributed by atoms with Gasteiger partial charge >= 0.3 is 0 Å². The van der Waals surface area contributed by atoms with Crippen molar-refractivity contribution in [2.24, 2.45) is 0 Å². The first-order valence-corrected chi connectivity index (χ1v) is 8.25. The number of rotatable bonds is 6. The molecule has 1 aromatic rings. The van der Waals surface area contributed by atoms with Crippen molar-refractivity contribution in [1.29, 1.82) is 5.26 Å². The highest BCUT2D eigenvalue weighted by Gasteiger charge is 2.25. The summed E-state index contributed by atoms with van der Waals surface area (Å²) in [6, 6.07) is 10.7. The van der Waals surface area contributed by atoms with Gasteiger partial charge in [-0.3, -0.25) is 4.79 Å². The zero-order valence-electron chi connectivity index (χ0n) is 12.3. The summed E-state index contributed by atoms with van der Waals surface area (Å²) in [5.41, 5.74) is -0.230. The second-order valence-corrected chi connectivity index (χ2v) is 7.20. The molecule has 1 aromatic carbocycles. The number of amides is 1. The fourth-order valence-electron chi connectivity index (χ4n) is 1.88. The Kier molecular flexibility index (Phi) is 5.47. The van der Waals surface area contributed by atoms with Gasteiger partial charge in [0.2, 0.25) is 15.9 Å². The van der Waals surface area contributed by atoms with Crippen molar-refractivity contribution < 1.29 is 13.2 Å². The molecule has 0 saturated heterocycles. The number of hydrogen-bond donors (Lipinski definition) is 2. The average molecular weight is 309 g/mol. The molecule has 7 heteroatoms. The molecule has 2 N–H and O–H groups in total. The summed E-state index contributed by atoms with van der Waals surface area (Å²) in [7, 11) is -3.37. The largest absolute Gasteiger partial charge is 0.353 e. The van der Waals surface area contributed by atoms with Gasteiger partial charge in [-0.05, 0) is 19.4 Å². The van der Waals surface area contributed by atoms with Crippen LogP contribution in [0.1, 0.15) is 25.3 Å². The topological polar surface area (TPSA) is 99.1 Å². The van der Waals surface area contributed by atoms with E-state index in [2.05, 4.69) is 10.0 Å². The van der Waals surface area contributed by atoms with E-state index in [0.717, 1.165) is 6.26 Å². The fraction of sp³-hybridized carbons (Fsp3) is 0.429. The van der Waals surface area contributed by atoms with Gasteiger partial charge in [0.1, 0.15) is 5.92 Å². The molecule has 0 aliphatic heterocycles. The molecule has 0 radical (unpaired) electrons. The molecule has 21 heavy (non-hydrogen) atoms. The monoisotopic (exact) mass is 309 g/mol. The van der Waals surface area contributed by atoms with Crippen molar-refractivity contribution in [2.45, 2.75) is 25.3 Å². The second-order valence-electron chi connectivity index (χ2n) is 5.45. The highest BCUT2D eigenvalue weighted by Crippen LogP contribution is 2.14. The van der Waals surface area contributed by atoms with E-state index in [4.69, 9.17) is 5.26 Å². The van der Waals surface area contributed by atoms with Gasteiger partial charge in [0.25, 0.3) is 0 Å². The molecule has 0 fully saturated rings. The van der Waals surface area contributed by atoms with Crippen LogP contribution in [0.3, 0.4) is 0 Å². The third-order valence-electron chi connectivity index (χ3n) is 2.69. The van der Waals surface area contributed by atoms with Crippen LogP contribution in [0, 0.1) is 11.3 Å². The number of nitrogens with zero attached hydrogens (tertiary/aromatic N) is 1. The SMILES string of the molecule is CC(C)(CNC(=O)C(C#N)c1ccccc1)NS(C)(=O)=O.